The first kappa shape index (κ1) is 13.3. The van der Waals surface area contributed by atoms with Gasteiger partial charge in [-0.1, -0.05) is 0 Å². The summed E-state index contributed by atoms with van der Waals surface area (Å²) in [6, 6.07) is 1.22. The second-order valence-electron chi connectivity index (χ2n) is 3.96. The lowest BCUT2D eigenvalue weighted by Crippen LogP contribution is -2.26. The standard InChI is InChI=1S/C12H12N2O4S/c1-6(11-14-9(5-19-11)12(16)17)13-10(15)8-3-4-18-7(8)2/h3-6H,1-2H3,(H,13,15)(H,16,17). The van der Waals surface area contributed by atoms with E-state index in [1.165, 1.54) is 23.0 Å². The number of aromatic carboxylic acids is 1. The Labute approximate surface area is 113 Å². The molecule has 7 heteroatoms. The number of thiazole rings is 1. The highest BCUT2D eigenvalue weighted by Crippen LogP contribution is 2.19. The van der Waals surface area contributed by atoms with Crippen molar-refractivity contribution >= 4 is 23.2 Å². The van der Waals surface area contributed by atoms with Crippen LogP contribution in [0.3, 0.4) is 0 Å². The van der Waals surface area contributed by atoms with Gasteiger partial charge < -0.3 is 14.8 Å². The molecule has 0 fully saturated rings. The van der Waals surface area contributed by atoms with Crippen molar-refractivity contribution in [3.05, 3.63) is 39.7 Å². The molecule has 2 heterocycles. The van der Waals surface area contributed by atoms with E-state index in [0.29, 0.717) is 16.3 Å². The average Bonchev–Trinajstić information content (AvgIpc) is 2.96. The third-order valence-corrected chi connectivity index (χ3v) is 3.59. The number of aromatic nitrogens is 1. The average molecular weight is 280 g/mol. The molecule has 0 bridgehead atoms. The van der Waals surface area contributed by atoms with Crippen LogP contribution in [0.2, 0.25) is 0 Å². The van der Waals surface area contributed by atoms with E-state index in [2.05, 4.69) is 10.3 Å². The first-order valence-electron chi connectivity index (χ1n) is 5.52. The van der Waals surface area contributed by atoms with Gasteiger partial charge in [0.15, 0.2) is 5.69 Å². The van der Waals surface area contributed by atoms with Gasteiger partial charge in [0, 0.05) is 5.38 Å². The lowest BCUT2D eigenvalue weighted by atomic mass is 10.2. The van der Waals surface area contributed by atoms with Crippen molar-refractivity contribution in [3.63, 3.8) is 0 Å². The lowest BCUT2D eigenvalue weighted by Gasteiger charge is -2.10. The van der Waals surface area contributed by atoms with Crippen molar-refractivity contribution in [2.75, 3.05) is 0 Å². The maximum atomic E-state index is 11.9. The molecule has 0 aliphatic carbocycles. The fraction of sp³-hybridized carbons (Fsp3) is 0.250. The zero-order valence-electron chi connectivity index (χ0n) is 10.3. The van der Waals surface area contributed by atoms with Gasteiger partial charge in [-0.3, -0.25) is 4.79 Å². The highest BCUT2D eigenvalue weighted by atomic mass is 32.1. The van der Waals surface area contributed by atoms with Crippen LogP contribution in [-0.4, -0.2) is 22.0 Å². The Kier molecular flexibility index (Phi) is 3.66. The summed E-state index contributed by atoms with van der Waals surface area (Å²) in [4.78, 5) is 26.6. The predicted octanol–water partition coefficient (Wildman–Crippen LogP) is 2.23. The molecule has 1 atom stereocenters. The second-order valence-corrected chi connectivity index (χ2v) is 4.85. The van der Waals surface area contributed by atoms with Crippen LogP contribution in [0, 0.1) is 6.92 Å². The van der Waals surface area contributed by atoms with Gasteiger partial charge in [0.25, 0.3) is 5.91 Å². The summed E-state index contributed by atoms with van der Waals surface area (Å²) in [5, 5.41) is 13.5. The van der Waals surface area contributed by atoms with Crippen LogP contribution in [0.4, 0.5) is 0 Å². The number of aryl methyl sites for hydroxylation is 1. The number of nitrogens with one attached hydrogen (secondary N) is 1. The van der Waals surface area contributed by atoms with Gasteiger partial charge in [0.2, 0.25) is 0 Å². The third kappa shape index (κ3) is 2.82. The minimum absolute atomic E-state index is 0.0133. The molecule has 0 radical (unpaired) electrons. The highest BCUT2D eigenvalue weighted by Gasteiger charge is 2.18. The molecule has 19 heavy (non-hydrogen) atoms. The van der Waals surface area contributed by atoms with Gasteiger partial charge in [0.05, 0.1) is 17.9 Å². The van der Waals surface area contributed by atoms with Gasteiger partial charge in [-0.05, 0) is 19.9 Å². The monoisotopic (exact) mass is 280 g/mol. The Balaban J connectivity index is 2.08. The van der Waals surface area contributed by atoms with Crippen LogP contribution in [0.1, 0.15) is 44.6 Å². The van der Waals surface area contributed by atoms with Gasteiger partial charge in [-0.15, -0.1) is 11.3 Å². The molecule has 100 valence electrons. The number of furan rings is 1. The number of amides is 1. The minimum Gasteiger partial charge on any atom is -0.476 e. The molecule has 0 saturated heterocycles. The van der Waals surface area contributed by atoms with Crippen LogP contribution in [0.25, 0.3) is 0 Å². The Morgan fingerprint density at radius 1 is 1.53 bits per heavy atom. The van der Waals surface area contributed by atoms with Crippen LogP contribution in [0.15, 0.2) is 22.1 Å². The van der Waals surface area contributed by atoms with Gasteiger partial charge in [0.1, 0.15) is 10.8 Å². The fourth-order valence-electron chi connectivity index (χ4n) is 1.54. The number of carboxylic acids is 1. The third-order valence-electron chi connectivity index (χ3n) is 2.56. The molecule has 0 aromatic carbocycles. The molecule has 2 rings (SSSR count). The van der Waals surface area contributed by atoms with Crippen LogP contribution >= 0.6 is 11.3 Å². The molecule has 0 aliphatic rings. The number of nitrogens with zero attached hydrogens (tertiary/aromatic N) is 1. The summed E-state index contributed by atoms with van der Waals surface area (Å²) in [7, 11) is 0. The maximum absolute atomic E-state index is 11.9. The molecule has 6 nitrogen and oxygen atoms in total. The van der Waals surface area contributed by atoms with E-state index in [0.717, 1.165) is 0 Å². The summed E-state index contributed by atoms with van der Waals surface area (Å²) < 4.78 is 5.06. The van der Waals surface area contributed by atoms with E-state index >= 15 is 0 Å². The number of hydrogen-bond acceptors (Lipinski definition) is 5. The van der Waals surface area contributed by atoms with E-state index in [1.54, 1.807) is 19.9 Å². The minimum atomic E-state index is -1.08. The van der Waals surface area contributed by atoms with Crippen LogP contribution in [-0.2, 0) is 0 Å². The molecular weight excluding hydrogens is 268 g/mol. The highest BCUT2D eigenvalue weighted by molar-refractivity contribution is 7.09. The van der Waals surface area contributed by atoms with E-state index in [-0.39, 0.29) is 17.6 Å². The summed E-state index contributed by atoms with van der Waals surface area (Å²) in [5.41, 5.74) is 0.447. The predicted molar refractivity (Wildman–Crippen MR) is 68.4 cm³/mol. The van der Waals surface area contributed by atoms with Crippen molar-refractivity contribution in [1.82, 2.24) is 10.3 Å². The van der Waals surface area contributed by atoms with Gasteiger partial charge >= 0.3 is 5.97 Å². The molecule has 0 spiro atoms. The molecule has 2 aromatic heterocycles. The van der Waals surface area contributed by atoms with Gasteiger partial charge in [-0.2, -0.15) is 0 Å². The number of carboxylic acid groups (broad SMARTS) is 1. The summed E-state index contributed by atoms with van der Waals surface area (Å²) >= 11 is 1.20. The molecule has 1 amide bonds. The Morgan fingerprint density at radius 2 is 2.26 bits per heavy atom. The van der Waals surface area contributed by atoms with Crippen molar-refractivity contribution in [2.24, 2.45) is 0 Å². The zero-order valence-corrected chi connectivity index (χ0v) is 11.2. The molecule has 2 N–H and O–H groups in total. The largest absolute Gasteiger partial charge is 0.476 e. The first-order valence-corrected chi connectivity index (χ1v) is 6.40. The van der Waals surface area contributed by atoms with Crippen LogP contribution < -0.4 is 5.32 Å². The fourth-order valence-corrected chi connectivity index (χ4v) is 2.34. The Hall–Kier alpha value is -2.15. The number of carbonyl (C=O) groups excluding carboxylic acids is 1. The first-order chi connectivity index (χ1) is 8.99. The maximum Gasteiger partial charge on any atom is 0.355 e. The summed E-state index contributed by atoms with van der Waals surface area (Å²) in [5.74, 6) is -0.812. The van der Waals surface area contributed by atoms with E-state index in [4.69, 9.17) is 9.52 Å². The van der Waals surface area contributed by atoms with Crippen LogP contribution in [0.5, 0.6) is 0 Å². The van der Waals surface area contributed by atoms with E-state index in [1.807, 2.05) is 0 Å². The summed E-state index contributed by atoms with van der Waals surface area (Å²) in [6.07, 6.45) is 1.45. The van der Waals surface area contributed by atoms with Crippen molar-refractivity contribution in [2.45, 2.75) is 19.9 Å². The van der Waals surface area contributed by atoms with Crippen molar-refractivity contribution in [1.29, 1.82) is 0 Å². The van der Waals surface area contributed by atoms with Crippen molar-refractivity contribution in [3.8, 4) is 0 Å². The normalized spacial score (nSPS) is 12.1. The SMILES string of the molecule is Cc1occc1C(=O)NC(C)c1nc(C(=O)O)cs1. The number of rotatable bonds is 4. The van der Waals surface area contributed by atoms with Gasteiger partial charge in [-0.25, -0.2) is 9.78 Å². The molecule has 2 aromatic rings. The number of carbonyl (C=O) groups is 2. The van der Waals surface area contributed by atoms with E-state index in [9.17, 15) is 9.59 Å². The lowest BCUT2D eigenvalue weighted by molar-refractivity contribution is 0.0691. The number of hydrogen-bond donors (Lipinski definition) is 2. The quantitative estimate of drug-likeness (QED) is 0.896. The summed E-state index contributed by atoms with van der Waals surface area (Å²) in [6.45, 7) is 3.45. The topological polar surface area (TPSA) is 92.4 Å². The zero-order chi connectivity index (χ0) is 14.0. The van der Waals surface area contributed by atoms with Crippen molar-refractivity contribution < 1.29 is 19.1 Å². The smallest absolute Gasteiger partial charge is 0.355 e. The molecule has 0 saturated carbocycles. The van der Waals surface area contributed by atoms with E-state index < -0.39 is 5.97 Å². The molecule has 1 unspecified atom stereocenters. The Bertz CT molecular complexity index is 617. The molecule has 0 aliphatic heterocycles. The Morgan fingerprint density at radius 3 is 2.79 bits per heavy atom. The molecular formula is C12H12N2O4S. The second kappa shape index (κ2) is 5.23.